The SMILES string of the molecule is CC(C)(C)CC(CCCN=C(N)N[N+](=O)[O-])C(=O)OCOC(=O)C(CCCN=C(N)N[N+](=O)[O-])CC(C)(C)C.O. The Labute approximate surface area is 234 Å². The highest BCUT2D eigenvalue weighted by molar-refractivity contribution is 5.77. The number of nitrogens with zero attached hydrogens (tertiary/aromatic N) is 4. The highest BCUT2D eigenvalue weighted by Crippen LogP contribution is 2.29. The fourth-order valence-corrected chi connectivity index (χ4v) is 3.80. The predicted molar refractivity (Wildman–Crippen MR) is 147 cm³/mol. The quantitative estimate of drug-likeness (QED) is 0.0380. The maximum Gasteiger partial charge on any atom is 0.311 e. The summed E-state index contributed by atoms with van der Waals surface area (Å²) in [7, 11) is 0. The van der Waals surface area contributed by atoms with Gasteiger partial charge in [0.2, 0.25) is 6.79 Å². The van der Waals surface area contributed by atoms with E-state index in [0.717, 1.165) is 0 Å². The Hall–Kier alpha value is -3.76. The number of hydrogen-bond donors (Lipinski definition) is 4. The Morgan fingerprint density at radius 1 is 0.775 bits per heavy atom. The smallest absolute Gasteiger partial charge is 0.311 e. The molecule has 0 aliphatic heterocycles. The molecule has 0 saturated carbocycles. The largest absolute Gasteiger partial charge is 0.428 e. The zero-order chi connectivity index (χ0) is 30.2. The molecule has 0 aromatic heterocycles. The number of carbonyl (C=O) groups excluding carboxylic acids is 2. The van der Waals surface area contributed by atoms with E-state index in [0.29, 0.717) is 38.5 Å². The molecule has 0 rings (SSSR count). The summed E-state index contributed by atoms with van der Waals surface area (Å²) in [6.45, 7) is 11.7. The molecule has 0 fully saturated rings. The molecule has 17 heteroatoms. The maximum atomic E-state index is 12.8. The van der Waals surface area contributed by atoms with Crippen molar-refractivity contribution in [3.8, 4) is 0 Å². The minimum absolute atomic E-state index is 0. The van der Waals surface area contributed by atoms with E-state index in [-0.39, 0.29) is 41.3 Å². The molecule has 8 N–H and O–H groups in total. The second kappa shape index (κ2) is 18.5. The van der Waals surface area contributed by atoms with Crippen LogP contribution in [0.1, 0.15) is 80.1 Å². The van der Waals surface area contributed by atoms with E-state index in [1.807, 2.05) is 41.5 Å². The molecule has 0 spiro atoms. The standard InChI is InChI=1S/C23H44N8O8.H2O/c1-22(2,3)13-16(9-7-11-26-20(24)28-30(34)35)18(32)38-15-39-19(33)17(14-23(4,5)6)10-8-12-27-21(25)29-31(36)37;/h16-17H,7-15H2,1-6H3,(H3,24,26,28)(H3,25,27,29);1H2. The van der Waals surface area contributed by atoms with Crippen molar-refractivity contribution >= 4 is 23.9 Å². The predicted octanol–water partition coefficient (Wildman–Crippen LogP) is 1.06. The van der Waals surface area contributed by atoms with E-state index in [2.05, 4.69) is 9.98 Å². The number of ether oxygens (including phenoxy) is 2. The van der Waals surface area contributed by atoms with Crippen molar-refractivity contribution in [1.82, 2.24) is 10.9 Å². The first kappa shape index (κ1) is 38.4. The van der Waals surface area contributed by atoms with Crippen molar-refractivity contribution in [3.63, 3.8) is 0 Å². The lowest BCUT2D eigenvalue weighted by atomic mass is 9.82. The monoisotopic (exact) mass is 578 g/mol. The van der Waals surface area contributed by atoms with Gasteiger partial charge in [0.15, 0.2) is 10.1 Å². The summed E-state index contributed by atoms with van der Waals surface area (Å²) in [6, 6.07) is 0. The van der Waals surface area contributed by atoms with Crippen LogP contribution in [0.3, 0.4) is 0 Å². The number of nitrogens with one attached hydrogen (secondary N) is 2. The second-order valence-corrected chi connectivity index (χ2v) is 11.5. The first-order chi connectivity index (χ1) is 17.9. The van der Waals surface area contributed by atoms with Crippen molar-refractivity contribution in [2.45, 2.75) is 80.1 Å². The lowest BCUT2D eigenvalue weighted by Gasteiger charge is -2.26. The summed E-state index contributed by atoms with van der Waals surface area (Å²) in [5.41, 5.74) is 13.9. The van der Waals surface area contributed by atoms with Crippen LogP contribution in [0.4, 0.5) is 0 Å². The lowest BCUT2D eigenvalue weighted by molar-refractivity contribution is -0.525. The van der Waals surface area contributed by atoms with Crippen LogP contribution in [0.2, 0.25) is 0 Å². The first-order valence-corrected chi connectivity index (χ1v) is 12.6. The molecule has 2 atom stereocenters. The van der Waals surface area contributed by atoms with Crippen molar-refractivity contribution in [1.29, 1.82) is 0 Å². The van der Waals surface area contributed by atoms with Crippen molar-refractivity contribution in [2.75, 3.05) is 19.9 Å². The number of guanidine groups is 2. The average Bonchev–Trinajstić information content (AvgIpc) is 2.75. The summed E-state index contributed by atoms with van der Waals surface area (Å²) in [5.74, 6) is -2.68. The molecule has 0 heterocycles. The van der Waals surface area contributed by atoms with Gasteiger partial charge in [0.25, 0.3) is 11.9 Å². The van der Waals surface area contributed by atoms with Crippen molar-refractivity contribution in [3.05, 3.63) is 20.2 Å². The van der Waals surface area contributed by atoms with Gasteiger partial charge < -0.3 is 26.4 Å². The summed E-state index contributed by atoms with van der Waals surface area (Å²) in [5, 5.41) is 19.1. The molecule has 0 aliphatic carbocycles. The summed E-state index contributed by atoms with van der Waals surface area (Å²) < 4.78 is 10.5. The Balaban J connectivity index is 0. The molecule has 0 amide bonds. The number of aliphatic imine (C=N–C) groups is 2. The molecule has 40 heavy (non-hydrogen) atoms. The Morgan fingerprint density at radius 3 is 1.38 bits per heavy atom. The van der Waals surface area contributed by atoms with Crippen molar-refractivity contribution < 1.29 is 34.6 Å². The van der Waals surface area contributed by atoms with Crippen LogP contribution in [0.5, 0.6) is 0 Å². The van der Waals surface area contributed by atoms with Gasteiger partial charge in [-0.05, 0) is 49.4 Å². The number of rotatable bonds is 16. The van der Waals surface area contributed by atoms with Crippen LogP contribution in [-0.2, 0) is 19.1 Å². The van der Waals surface area contributed by atoms with Crippen LogP contribution in [0.15, 0.2) is 9.98 Å². The molecule has 0 bridgehead atoms. The second-order valence-electron chi connectivity index (χ2n) is 11.5. The Kier molecular flexibility index (Phi) is 17.8. The molecular weight excluding hydrogens is 532 g/mol. The van der Waals surface area contributed by atoms with Crippen LogP contribution < -0.4 is 22.3 Å². The van der Waals surface area contributed by atoms with Gasteiger partial charge in [-0.3, -0.25) is 9.59 Å². The first-order valence-electron chi connectivity index (χ1n) is 12.6. The zero-order valence-electron chi connectivity index (χ0n) is 24.2. The highest BCUT2D eigenvalue weighted by atomic mass is 16.7. The van der Waals surface area contributed by atoms with Gasteiger partial charge in [-0.25, -0.2) is 30.2 Å². The van der Waals surface area contributed by atoms with Crippen LogP contribution in [-0.4, -0.2) is 59.3 Å². The van der Waals surface area contributed by atoms with E-state index in [1.165, 1.54) is 0 Å². The van der Waals surface area contributed by atoms with Crippen LogP contribution in [0, 0.1) is 42.9 Å². The summed E-state index contributed by atoms with van der Waals surface area (Å²) >= 11 is 0. The normalized spacial score (nSPS) is 13.8. The third-order valence-electron chi connectivity index (χ3n) is 5.18. The molecule has 2 unspecified atom stereocenters. The fourth-order valence-electron chi connectivity index (χ4n) is 3.80. The highest BCUT2D eigenvalue weighted by Gasteiger charge is 2.28. The molecule has 0 saturated heterocycles. The van der Waals surface area contributed by atoms with Crippen molar-refractivity contribution in [2.24, 2.45) is 44.1 Å². The number of nitro groups is 2. The van der Waals surface area contributed by atoms with E-state index in [1.54, 1.807) is 10.9 Å². The molecule has 232 valence electrons. The van der Waals surface area contributed by atoms with Gasteiger partial charge in [-0.15, -0.1) is 0 Å². The number of nitrogens with two attached hydrogens (primary N) is 2. The minimum Gasteiger partial charge on any atom is -0.428 e. The Bertz CT molecular complexity index is 813. The van der Waals surface area contributed by atoms with E-state index < -0.39 is 40.6 Å². The fraction of sp³-hybridized carbons (Fsp3) is 0.826. The molecular formula is C23H46N8O9. The third kappa shape index (κ3) is 21.2. The van der Waals surface area contributed by atoms with Gasteiger partial charge in [0.1, 0.15) is 0 Å². The van der Waals surface area contributed by atoms with E-state index >= 15 is 0 Å². The van der Waals surface area contributed by atoms with Gasteiger partial charge in [-0.2, -0.15) is 0 Å². The minimum atomic E-state index is -0.813. The Morgan fingerprint density at radius 2 is 1.10 bits per heavy atom. The van der Waals surface area contributed by atoms with Gasteiger partial charge in [0, 0.05) is 13.1 Å². The summed E-state index contributed by atoms with van der Waals surface area (Å²) in [6.07, 6.45) is 2.70. The molecule has 17 nitrogen and oxygen atoms in total. The molecule has 0 aliphatic rings. The third-order valence-corrected chi connectivity index (χ3v) is 5.18. The van der Waals surface area contributed by atoms with Gasteiger partial charge in [0.05, 0.1) is 11.8 Å². The number of hydrazine groups is 2. The van der Waals surface area contributed by atoms with Crippen LogP contribution in [0.25, 0.3) is 0 Å². The lowest BCUT2D eigenvalue weighted by Crippen LogP contribution is -2.36. The molecule has 0 aromatic rings. The maximum absolute atomic E-state index is 12.8. The van der Waals surface area contributed by atoms with Gasteiger partial charge in [-0.1, -0.05) is 52.4 Å². The number of esters is 2. The number of hydrogen-bond acceptors (Lipinski definition) is 10. The molecule has 0 aromatic carbocycles. The zero-order valence-corrected chi connectivity index (χ0v) is 24.2. The average molecular weight is 579 g/mol. The number of carbonyl (C=O) groups is 2. The topological polar surface area (TPSA) is 271 Å². The van der Waals surface area contributed by atoms with E-state index in [4.69, 9.17) is 20.9 Å². The van der Waals surface area contributed by atoms with E-state index in [9.17, 15) is 29.8 Å². The molecule has 0 radical (unpaired) electrons. The van der Waals surface area contributed by atoms with Crippen LogP contribution >= 0.6 is 0 Å². The van der Waals surface area contributed by atoms with Gasteiger partial charge >= 0.3 is 11.9 Å². The summed E-state index contributed by atoms with van der Waals surface area (Å²) in [4.78, 5) is 54.0.